The number of hydrogen-bond acceptors (Lipinski definition) is 5. The van der Waals surface area contributed by atoms with Crippen molar-refractivity contribution in [2.75, 3.05) is 10.0 Å². The minimum Gasteiger partial charge on any atom is -0.507 e. The molecule has 0 spiro atoms. The Hall–Kier alpha value is -1.81. The molecule has 3 N–H and O–H groups in total. The minimum absolute atomic E-state index is 0.312. The van der Waals surface area contributed by atoms with Gasteiger partial charge in [0, 0.05) is 38.6 Å². The second kappa shape index (κ2) is 8.91. The lowest BCUT2D eigenvalue weighted by atomic mass is 10.2. The molecule has 0 saturated carbocycles. The number of nitrogens with zero attached hydrogens (tertiary/aromatic N) is 1. The van der Waals surface area contributed by atoms with Gasteiger partial charge in [0.1, 0.15) is 11.6 Å². The monoisotopic (exact) mass is 523 g/mol. The zero-order valence-electron chi connectivity index (χ0n) is 14.2. The number of alkyl halides is 3. The van der Waals surface area contributed by atoms with Crippen molar-refractivity contribution in [1.29, 1.82) is 0 Å². The van der Waals surface area contributed by atoms with E-state index in [1.807, 2.05) is 0 Å². The molecule has 0 saturated heterocycles. The molecule has 0 aliphatic heterocycles. The van der Waals surface area contributed by atoms with Gasteiger partial charge in [0.15, 0.2) is 0 Å². The number of anilines is 3. The van der Waals surface area contributed by atoms with Gasteiger partial charge in [-0.25, -0.2) is 4.98 Å². The Balaban J connectivity index is 1.68. The summed E-state index contributed by atoms with van der Waals surface area (Å²) in [7, 11) is 0. The fraction of sp³-hybridized carbons (Fsp3) is 0.0556. The van der Waals surface area contributed by atoms with Crippen LogP contribution in [0, 0.1) is 0 Å². The summed E-state index contributed by atoms with van der Waals surface area (Å²) in [5, 5.41) is 13.6. The van der Waals surface area contributed by atoms with E-state index in [1.165, 1.54) is 6.07 Å². The summed E-state index contributed by atoms with van der Waals surface area (Å²) in [6.07, 6.45) is -3.04. The molecule has 152 valence electrons. The highest BCUT2D eigenvalue weighted by atomic mass is 79.9. The van der Waals surface area contributed by atoms with Crippen molar-refractivity contribution in [2.24, 2.45) is 0 Å². The zero-order chi connectivity index (χ0) is 21.2. The number of benzene rings is 2. The number of aromatic nitrogens is 1. The van der Waals surface area contributed by atoms with Gasteiger partial charge < -0.3 is 15.1 Å². The summed E-state index contributed by atoms with van der Waals surface area (Å²) >= 11 is 16.5. The molecule has 0 fully saturated rings. The first kappa shape index (κ1) is 21.9. The maximum atomic E-state index is 12.7. The topological polar surface area (TPSA) is 57.2 Å². The van der Waals surface area contributed by atoms with Gasteiger partial charge in [0.05, 0.1) is 10.0 Å². The molecule has 29 heavy (non-hydrogen) atoms. The molecule has 3 rings (SSSR count). The summed E-state index contributed by atoms with van der Waals surface area (Å²) in [6.45, 7) is 0. The quantitative estimate of drug-likeness (QED) is 0.298. The highest BCUT2D eigenvalue weighted by molar-refractivity contribution is 9.10. The molecule has 1 aromatic heterocycles. The van der Waals surface area contributed by atoms with Crippen LogP contribution in [0.1, 0.15) is 5.56 Å². The Morgan fingerprint density at radius 3 is 2.28 bits per heavy atom. The lowest BCUT2D eigenvalue weighted by Crippen LogP contribution is -2.05. The van der Waals surface area contributed by atoms with E-state index in [9.17, 15) is 18.3 Å². The second-order valence-corrected chi connectivity index (χ2v) is 8.33. The van der Waals surface area contributed by atoms with E-state index in [1.54, 1.807) is 30.5 Å². The van der Waals surface area contributed by atoms with Crippen molar-refractivity contribution in [2.45, 2.75) is 11.1 Å². The van der Waals surface area contributed by atoms with Gasteiger partial charge in [-0.1, -0.05) is 23.2 Å². The van der Waals surface area contributed by atoms with Crippen LogP contribution < -0.4 is 10.0 Å². The van der Waals surface area contributed by atoms with Crippen molar-refractivity contribution >= 4 is 68.3 Å². The summed E-state index contributed by atoms with van der Waals surface area (Å²) in [6, 6.07) is 9.83. The molecular weight excluding hydrogens is 514 g/mol. The highest BCUT2D eigenvalue weighted by Crippen LogP contribution is 2.38. The lowest BCUT2D eigenvalue weighted by molar-refractivity contribution is -0.138. The van der Waals surface area contributed by atoms with E-state index < -0.39 is 17.5 Å². The number of hydrogen-bond donors (Lipinski definition) is 3. The van der Waals surface area contributed by atoms with Gasteiger partial charge in [-0.2, -0.15) is 13.2 Å². The van der Waals surface area contributed by atoms with Crippen molar-refractivity contribution in [1.82, 2.24) is 4.98 Å². The Bertz CT molecular complexity index is 1030. The van der Waals surface area contributed by atoms with Gasteiger partial charge in [0.2, 0.25) is 0 Å². The zero-order valence-corrected chi connectivity index (χ0v) is 18.1. The van der Waals surface area contributed by atoms with E-state index in [4.69, 9.17) is 23.2 Å². The van der Waals surface area contributed by atoms with Gasteiger partial charge >= 0.3 is 6.18 Å². The molecular formula is C18H11BrCl2F3N3OS. The van der Waals surface area contributed by atoms with E-state index in [0.29, 0.717) is 36.6 Å². The van der Waals surface area contributed by atoms with Crippen molar-refractivity contribution in [3.05, 3.63) is 68.7 Å². The van der Waals surface area contributed by atoms with Gasteiger partial charge in [-0.15, -0.1) is 0 Å². The first-order valence-corrected chi connectivity index (χ1v) is 10.2. The molecule has 4 nitrogen and oxygen atoms in total. The molecule has 0 aliphatic carbocycles. The third-order valence-electron chi connectivity index (χ3n) is 3.53. The fourth-order valence-electron chi connectivity index (χ4n) is 2.28. The number of halogens is 6. The number of rotatable bonds is 5. The molecule has 0 bridgehead atoms. The van der Waals surface area contributed by atoms with Crippen LogP contribution >= 0.6 is 51.1 Å². The predicted octanol–water partition coefficient (Wildman–Crippen LogP) is 7.74. The summed E-state index contributed by atoms with van der Waals surface area (Å²) in [5.41, 5.74) is -0.115. The van der Waals surface area contributed by atoms with Crippen molar-refractivity contribution in [3.8, 4) is 5.75 Å². The van der Waals surface area contributed by atoms with E-state index in [2.05, 4.69) is 31.0 Å². The standard InChI is InChI=1S/C18H11BrCl2F3N3OS/c19-15-7-13(8-25-17(15)26-12-4-9(20)3-10(21)5-12)29-27-11-1-2-14(16(28)6-11)18(22,23)24/h1-8,27-28H,(H,25,26). The van der Waals surface area contributed by atoms with E-state index in [-0.39, 0.29) is 0 Å². The van der Waals surface area contributed by atoms with Gasteiger partial charge in [0.25, 0.3) is 0 Å². The average molecular weight is 525 g/mol. The maximum Gasteiger partial charge on any atom is 0.419 e. The van der Waals surface area contributed by atoms with Crippen LogP contribution in [0.4, 0.5) is 30.4 Å². The van der Waals surface area contributed by atoms with Crippen LogP contribution in [-0.2, 0) is 6.18 Å². The highest BCUT2D eigenvalue weighted by Gasteiger charge is 2.33. The van der Waals surface area contributed by atoms with Crippen LogP contribution in [0.15, 0.2) is 58.0 Å². The SMILES string of the molecule is Oc1cc(NSc2cnc(Nc3cc(Cl)cc(Cl)c3)c(Br)c2)ccc1C(F)(F)F. The maximum absolute atomic E-state index is 12.7. The molecule has 11 heteroatoms. The molecule has 0 amide bonds. The van der Waals surface area contributed by atoms with Crippen molar-refractivity contribution in [3.63, 3.8) is 0 Å². The summed E-state index contributed by atoms with van der Waals surface area (Å²) in [4.78, 5) is 4.99. The fourth-order valence-corrected chi connectivity index (χ4v) is 4.05. The van der Waals surface area contributed by atoms with Crippen molar-refractivity contribution < 1.29 is 18.3 Å². The Morgan fingerprint density at radius 2 is 1.69 bits per heavy atom. The van der Waals surface area contributed by atoms with Crippen LogP contribution in [0.2, 0.25) is 10.0 Å². The predicted molar refractivity (Wildman–Crippen MR) is 114 cm³/mol. The van der Waals surface area contributed by atoms with E-state index >= 15 is 0 Å². The van der Waals surface area contributed by atoms with Gasteiger partial charge in [-0.3, -0.25) is 0 Å². The molecule has 2 aromatic carbocycles. The molecule has 1 heterocycles. The molecule has 0 radical (unpaired) electrons. The number of nitrogens with one attached hydrogen (secondary N) is 2. The average Bonchev–Trinajstić information content (AvgIpc) is 2.60. The second-order valence-electron chi connectivity index (χ2n) is 5.72. The third kappa shape index (κ3) is 5.85. The molecule has 3 aromatic rings. The first-order valence-electron chi connectivity index (χ1n) is 7.83. The van der Waals surface area contributed by atoms with Crippen LogP contribution in [0.3, 0.4) is 0 Å². The molecule has 0 unspecified atom stereocenters. The number of phenols is 1. The molecule has 0 aliphatic rings. The Morgan fingerprint density at radius 1 is 1.00 bits per heavy atom. The normalized spacial score (nSPS) is 11.4. The third-order valence-corrected chi connectivity index (χ3v) is 5.37. The van der Waals surface area contributed by atoms with Crippen LogP contribution in [-0.4, -0.2) is 10.1 Å². The summed E-state index contributed by atoms with van der Waals surface area (Å²) < 4.78 is 41.6. The Labute approximate surface area is 186 Å². The number of aromatic hydroxyl groups is 1. The summed E-state index contributed by atoms with van der Waals surface area (Å²) in [5.74, 6) is -0.318. The van der Waals surface area contributed by atoms with Gasteiger partial charge in [-0.05, 0) is 64.3 Å². The number of phenolic OH excluding ortho intramolecular Hbond substituents is 1. The largest absolute Gasteiger partial charge is 0.507 e. The first-order chi connectivity index (χ1) is 13.6. The van der Waals surface area contributed by atoms with Crippen LogP contribution in [0.25, 0.3) is 0 Å². The minimum atomic E-state index is -4.61. The van der Waals surface area contributed by atoms with E-state index in [0.717, 1.165) is 24.1 Å². The van der Waals surface area contributed by atoms with Crippen LogP contribution in [0.5, 0.6) is 5.75 Å². The number of pyridine rings is 1. The lowest BCUT2D eigenvalue weighted by Gasteiger charge is -2.12. The Kier molecular flexibility index (Phi) is 6.72. The smallest absolute Gasteiger partial charge is 0.419 e. The molecule has 0 atom stereocenters.